The summed E-state index contributed by atoms with van der Waals surface area (Å²) in [7, 11) is 0. The normalized spacial score (nSPS) is 9.91. The van der Waals surface area contributed by atoms with Crippen LogP contribution in [0.5, 0.6) is 5.75 Å². The third-order valence-electron chi connectivity index (χ3n) is 3.22. The number of anilines is 1. The van der Waals surface area contributed by atoms with Crippen LogP contribution in [0.1, 0.15) is 16.7 Å². The van der Waals surface area contributed by atoms with E-state index < -0.39 is 0 Å². The van der Waals surface area contributed by atoms with E-state index >= 15 is 0 Å². The van der Waals surface area contributed by atoms with E-state index in [9.17, 15) is 4.79 Å². The fourth-order valence-corrected chi connectivity index (χ4v) is 2.06. The van der Waals surface area contributed by atoms with Gasteiger partial charge >= 0.3 is 0 Å². The quantitative estimate of drug-likeness (QED) is 0.932. The van der Waals surface area contributed by atoms with Crippen molar-refractivity contribution in [3.8, 4) is 11.8 Å². The number of amides is 1. The molecule has 1 N–H and O–H groups in total. The summed E-state index contributed by atoms with van der Waals surface area (Å²) in [6.45, 7) is 3.90. The number of ether oxygens (including phenoxy) is 1. The fraction of sp³-hybridized carbons (Fsp3) is 0.176. The number of nitrogens with zero attached hydrogens (tertiary/aromatic N) is 1. The van der Waals surface area contributed by atoms with Crippen LogP contribution in [-0.2, 0) is 4.79 Å². The zero-order valence-electron chi connectivity index (χ0n) is 12.3. The summed E-state index contributed by atoms with van der Waals surface area (Å²) in [5.74, 6) is 0.357. The molecule has 0 saturated heterocycles. The minimum atomic E-state index is -0.293. The standard InChI is InChI=1S/C17H15ClN2O2/c1-11-3-6-15(7-12(11)2)22-10-17(21)20-14-5-4-13(9-19)16(18)8-14/h3-8H,10H2,1-2H3,(H,20,21). The molecule has 2 rings (SSSR count). The highest BCUT2D eigenvalue weighted by molar-refractivity contribution is 6.32. The lowest BCUT2D eigenvalue weighted by Crippen LogP contribution is -2.20. The molecule has 0 aliphatic rings. The third kappa shape index (κ3) is 4.00. The van der Waals surface area contributed by atoms with Crippen LogP contribution in [0.25, 0.3) is 0 Å². The van der Waals surface area contributed by atoms with E-state index in [2.05, 4.69) is 5.32 Å². The Morgan fingerprint density at radius 1 is 1.23 bits per heavy atom. The number of rotatable bonds is 4. The van der Waals surface area contributed by atoms with E-state index in [1.165, 1.54) is 11.6 Å². The lowest BCUT2D eigenvalue weighted by Gasteiger charge is -2.09. The van der Waals surface area contributed by atoms with Crippen molar-refractivity contribution in [2.75, 3.05) is 11.9 Å². The summed E-state index contributed by atoms with van der Waals surface area (Å²) in [5, 5.41) is 11.8. The SMILES string of the molecule is Cc1ccc(OCC(=O)Nc2ccc(C#N)c(Cl)c2)cc1C. The molecule has 0 aromatic heterocycles. The lowest BCUT2D eigenvalue weighted by atomic mass is 10.1. The van der Waals surface area contributed by atoms with Gasteiger partial charge in [0.25, 0.3) is 5.91 Å². The number of carbonyl (C=O) groups is 1. The molecule has 0 spiro atoms. The van der Waals surface area contributed by atoms with Crippen molar-refractivity contribution in [1.82, 2.24) is 0 Å². The van der Waals surface area contributed by atoms with Crippen LogP contribution in [0.15, 0.2) is 36.4 Å². The van der Waals surface area contributed by atoms with Crippen molar-refractivity contribution in [3.05, 3.63) is 58.1 Å². The van der Waals surface area contributed by atoms with Crippen molar-refractivity contribution < 1.29 is 9.53 Å². The van der Waals surface area contributed by atoms with Gasteiger partial charge in [0.05, 0.1) is 10.6 Å². The van der Waals surface area contributed by atoms with Crippen molar-refractivity contribution in [2.45, 2.75) is 13.8 Å². The molecular weight excluding hydrogens is 300 g/mol. The molecule has 22 heavy (non-hydrogen) atoms. The highest BCUT2D eigenvalue weighted by atomic mass is 35.5. The number of benzene rings is 2. The topological polar surface area (TPSA) is 62.1 Å². The van der Waals surface area contributed by atoms with Gasteiger partial charge < -0.3 is 10.1 Å². The predicted molar refractivity (Wildman–Crippen MR) is 86.2 cm³/mol. The molecule has 0 fully saturated rings. The van der Waals surface area contributed by atoms with Crippen molar-refractivity contribution in [1.29, 1.82) is 5.26 Å². The maximum Gasteiger partial charge on any atom is 0.262 e. The second-order valence-electron chi connectivity index (χ2n) is 4.89. The molecular formula is C17H15ClN2O2. The maximum atomic E-state index is 11.9. The monoisotopic (exact) mass is 314 g/mol. The number of nitriles is 1. The molecule has 0 bridgehead atoms. The van der Waals surface area contributed by atoms with Crippen LogP contribution in [0.2, 0.25) is 5.02 Å². The molecule has 112 valence electrons. The van der Waals surface area contributed by atoms with Gasteiger partial charge in [0, 0.05) is 5.69 Å². The van der Waals surface area contributed by atoms with Gasteiger partial charge in [0.15, 0.2) is 6.61 Å². The van der Waals surface area contributed by atoms with Crippen LogP contribution in [0, 0.1) is 25.2 Å². The zero-order valence-corrected chi connectivity index (χ0v) is 13.1. The molecule has 2 aromatic carbocycles. The summed E-state index contributed by atoms with van der Waals surface area (Å²) < 4.78 is 5.45. The van der Waals surface area contributed by atoms with Gasteiger partial charge in [-0.3, -0.25) is 4.79 Å². The second-order valence-corrected chi connectivity index (χ2v) is 5.30. The Labute approximate surface area is 134 Å². The van der Waals surface area contributed by atoms with Crippen molar-refractivity contribution in [2.24, 2.45) is 0 Å². The first-order valence-electron chi connectivity index (χ1n) is 6.69. The summed E-state index contributed by atoms with van der Waals surface area (Å²) in [4.78, 5) is 11.9. The van der Waals surface area contributed by atoms with E-state index in [0.717, 1.165) is 5.56 Å². The number of halogens is 1. The van der Waals surface area contributed by atoms with Crippen molar-refractivity contribution >= 4 is 23.2 Å². The Bertz CT molecular complexity index is 751. The van der Waals surface area contributed by atoms with Crippen LogP contribution in [-0.4, -0.2) is 12.5 Å². The van der Waals surface area contributed by atoms with E-state index in [0.29, 0.717) is 22.0 Å². The molecule has 0 atom stereocenters. The Morgan fingerprint density at radius 3 is 2.64 bits per heavy atom. The minimum Gasteiger partial charge on any atom is -0.484 e. The summed E-state index contributed by atoms with van der Waals surface area (Å²) >= 11 is 5.91. The number of hydrogen-bond donors (Lipinski definition) is 1. The first-order valence-corrected chi connectivity index (χ1v) is 7.07. The molecule has 4 nitrogen and oxygen atoms in total. The fourth-order valence-electron chi connectivity index (χ4n) is 1.83. The Balaban J connectivity index is 1.94. The number of carbonyl (C=O) groups excluding carboxylic acids is 1. The largest absolute Gasteiger partial charge is 0.484 e. The number of hydrogen-bond acceptors (Lipinski definition) is 3. The van der Waals surface area contributed by atoms with E-state index in [1.807, 2.05) is 38.1 Å². The van der Waals surface area contributed by atoms with Crippen LogP contribution in [0.4, 0.5) is 5.69 Å². The first-order chi connectivity index (χ1) is 10.5. The molecule has 1 amide bonds. The van der Waals surface area contributed by atoms with Gasteiger partial charge in [-0.1, -0.05) is 17.7 Å². The molecule has 2 aromatic rings. The molecule has 0 aliphatic heterocycles. The minimum absolute atomic E-state index is 0.0971. The summed E-state index contributed by atoms with van der Waals surface area (Å²) in [6, 6.07) is 12.3. The maximum absolute atomic E-state index is 11.9. The van der Waals surface area contributed by atoms with Gasteiger partial charge in [-0.25, -0.2) is 0 Å². The van der Waals surface area contributed by atoms with Gasteiger partial charge in [0.1, 0.15) is 11.8 Å². The highest BCUT2D eigenvalue weighted by Crippen LogP contribution is 2.20. The number of nitrogens with one attached hydrogen (secondary N) is 1. The second kappa shape index (κ2) is 6.97. The summed E-state index contributed by atoms with van der Waals surface area (Å²) in [6.07, 6.45) is 0. The van der Waals surface area contributed by atoms with E-state index in [4.69, 9.17) is 21.6 Å². The lowest BCUT2D eigenvalue weighted by molar-refractivity contribution is -0.118. The molecule has 0 heterocycles. The predicted octanol–water partition coefficient (Wildman–Crippen LogP) is 3.85. The molecule has 0 unspecified atom stereocenters. The summed E-state index contributed by atoms with van der Waals surface area (Å²) in [5.41, 5.74) is 3.17. The average molecular weight is 315 g/mol. The van der Waals surface area contributed by atoms with Crippen LogP contribution < -0.4 is 10.1 Å². The zero-order chi connectivity index (χ0) is 16.1. The Morgan fingerprint density at radius 2 is 2.00 bits per heavy atom. The van der Waals surface area contributed by atoms with E-state index in [-0.39, 0.29) is 12.5 Å². The third-order valence-corrected chi connectivity index (χ3v) is 3.53. The molecule has 5 heteroatoms. The molecule has 0 aliphatic carbocycles. The highest BCUT2D eigenvalue weighted by Gasteiger charge is 2.06. The van der Waals surface area contributed by atoms with Crippen LogP contribution in [0.3, 0.4) is 0 Å². The van der Waals surface area contributed by atoms with Gasteiger partial charge in [0.2, 0.25) is 0 Å². The first kappa shape index (κ1) is 15.9. The van der Waals surface area contributed by atoms with Gasteiger partial charge in [-0.15, -0.1) is 0 Å². The van der Waals surface area contributed by atoms with E-state index in [1.54, 1.807) is 12.1 Å². The average Bonchev–Trinajstić information content (AvgIpc) is 2.49. The molecule has 0 radical (unpaired) electrons. The van der Waals surface area contributed by atoms with Gasteiger partial charge in [-0.2, -0.15) is 5.26 Å². The molecule has 0 saturated carbocycles. The van der Waals surface area contributed by atoms with Gasteiger partial charge in [-0.05, 0) is 55.3 Å². The van der Waals surface area contributed by atoms with Crippen LogP contribution >= 0.6 is 11.6 Å². The smallest absolute Gasteiger partial charge is 0.262 e. The van der Waals surface area contributed by atoms with Crippen molar-refractivity contribution in [3.63, 3.8) is 0 Å². The Hall–Kier alpha value is -2.51. The Kier molecular flexibility index (Phi) is 5.03. The number of aryl methyl sites for hydroxylation is 2.